The van der Waals surface area contributed by atoms with Gasteiger partial charge in [0.25, 0.3) is 0 Å². The molecule has 5 nitrogen and oxygen atoms in total. The quantitative estimate of drug-likeness (QED) is 0.756. The van der Waals surface area contributed by atoms with Gasteiger partial charge < -0.3 is 10.4 Å². The van der Waals surface area contributed by atoms with Gasteiger partial charge in [0.05, 0.1) is 11.5 Å². The maximum Gasteiger partial charge on any atom is 0.403 e. The molecule has 0 radical (unpaired) electrons. The van der Waals surface area contributed by atoms with E-state index in [-0.39, 0.29) is 17.9 Å². The molecule has 17 heavy (non-hydrogen) atoms. The van der Waals surface area contributed by atoms with Gasteiger partial charge in [0.15, 0.2) is 15.8 Å². The molecule has 9 heteroatoms. The minimum absolute atomic E-state index is 0.0750. The monoisotopic (exact) mass is 275 g/mol. The van der Waals surface area contributed by atoms with Crippen LogP contribution in [-0.4, -0.2) is 49.8 Å². The molecule has 0 aromatic rings. The minimum atomic E-state index is -4.84. The molecule has 0 aromatic heterocycles. The molecule has 2 unspecified atom stereocenters. The summed E-state index contributed by atoms with van der Waals surface area (Å²) in [4.78, 5) is 10.4. The van der Waals surface area contributed by atoms with Crippen molar-refractivity contribution in [1.82, 2.24) is 5.32 Å². The Hall–Kier alpha value is -0.830. The highest BCUT2D eigenvalue weighted by molar-refractivity contribution is 7.91. The van der Waals surface area contributed by atoms with Gasteiger partial charge in [-0.1, -0.05) is 0 Å². The lowest BCUT2D eigenvalue weighted by Gasteiger charge is -2.18. The predicted molar refractivity (Wildman–Crippen MR) is 52.2 cm³/mol. The van der Waals surface area contributed by atoms with Gasteiger partial charge in [-0.3, -0.25) is 4.79 Å². The fourth-order valence-corrected chi connectivity index (χ4v) is 3.29. The number of alkyl halides is 3. The Kier molecular flexibility index (Phi) is 4.03. The number of aliphatic carboxylic acids is 1. The maximum absolute atomic E-state index is 12.3. The van der Waals surface area contributed by atoms with Crippen LogP contribution in [0.25, 0.3) is 0 Å². The third-order valence-electron chi connectivity index (χ3n) is 2.54. The first kappa shape index (κ1) is 14.2. The smallest absolute Gasteiger partial charge is 0.403 e. The lowest BCUT2D eigenvalue weighted by atomic mass is 10.1. The Bertz CT molecular complexity index is 392. The van der Waals surface area contributed by atoms with Gasteiger partial charge in [-0.2, -0.15) is 13.2 Å². The van der Waals surface area contributed by atoms with E-state index in [4.69, 9.17) is 5.11 Å². The molecule has 100 valence electrons. The average molecular weight is 275 g/mol. The predicted octanol–water partition coefficient (Wildman–Crippen LogP) is 0.0262. The molecule has 1 aliphatic rings. The van der Waals surface area contributed by atoms with Gasteiger partial charge in [0.2, 0.25) is 0 Å². The summed E-state index contributed by atoms with van der Waals surface area (Å²) in [6.45, 7) is -0.807. The molecule has 1 heterocycles. The van der Waals surface area contributed by atoms with Crippen LogP contribution in [-0.2, 0) is 14.6 Å². The van der Waals surface area contributed by atoms with Crippen LogP contribution in [0, 0.1) is 5.92 Å². The average Bonchev–Trinajstić information content (AvgIpc) is 2.42. The van der Waals surface area contributed by atoms with Crippen LogP contribution < -0.4 is 5.32 Å². The van der Waals surface area contributed by atoms with Gasteiger partial charge in [-0.05, 0) is 6.42 Å². The number of carboxylic acids is 1. The second kappa shape index (κ2) is 4.81. The fourth-order valence-electron chi connectivity index (χ4n) is 1.58. The standard InChI is InChI=1S/C8H12F3NO4S/c9-8(10,11)6(7(13)14)3-12-5-1-2-17(15,16)4-5/h5-6,12H,1-4H2,(H,13,14). The van der Waals surface area contributed by atoms with Crippen LogP contribution >= 0.6 is 0 Å². The van der Waals surface area contributed by atoms with Crippen molar-refractivity contribution in [2.75, 3.05) is 18.1 Å². The second-order valence-electron chi connectivity index (χ2n) is 3.94. The second-order valence-corrected chi connectivity index (χ2v) is 6.17. The summed E-state index contributed by atoms with van der Waals surface area (Å²) in [7, 11) is -3.19. The highest BCUT2D eigenvalue weighted by Crippen LogP contribution is 2.26. The van der Waals surface area contributed by atoms with E-state index >= 15 is 0 Å². The van der Waals surface area contributed by atoms with E-state index in [2.05, 4.69) is 5.32 Å². The molecule has 0 aliphatic carbocycles. The zero-order valence-corrected chi connectivity index (χ0v) is 9.51. The number of hydrogen-bond donors (Lipinski definition) is 2. The molecule has 0 aromatic carbocycles. The summed E-state index contributed by atoms with van der Waals surface area (Å²) in [6, 6.07) is -0.593. The number of halogens is 3. The topological polar surface area (TPSA) is 83.5 Å². The minimum Gasteiger partial charge on any atom is -0.481 e. The van der Waals surface area contributed by atoms with Crippen molar-refractivity contribution >= 4 is 15.8 Å². The molecule has 0 amide bonds. The largest absolute Gasteiger partial charge is 0.481 e. The molecule has 0 spiro atoms. The van der Waals surface area contributed by atoms with Gasteiger partial charge in [-0.25, -0.2) is 8.42 Å². The third kappa shape index (κ3) is 4.15. The molecular formula is C8H12F3NO4S. The third-order valence-corrected chi connectivity index (χ3v) is 4.30. The zero-order chi connectivity index (χ0) is 13.3. The molecule has 1 aliphatic heterocycles. The van der Waals surface area contributed by atoms with Crippen molar-refractivity contribution in [1.29, 1.82) is 0 Å². The molecule has 0 saturated carbocycles. The molecule has 1 fully saturated rings. The number of nitrogens with one attached hydrogen (secondary N) is 1. The Morgan fingerprint density at radius 1 is 1.47 bits per heavy atom. The highest BCUT2D eigenvalue weighted by atomic mass is 32.2. The number of sulfone groups is 1. The van der Waals surface area contributed by atoms with E-state index < -0.39 is 40.5 Å². The first-order valence-corrected chi connectivity index (χ1v) is 6.67. The van der Waals surface area contributed by atoms with Crippen LogP contribution in [0.2, 0.25) is 0 Å². The normalized spacial score (nSPS) is 25.7. The van der Waals surface area contributed by atoms with Gasteiger partial charge in [0.1, 0.15) is 0 Å². The van der Waals surface area contributed by atoms with E-state index in [9.17, 15) is 26.4 Å². The van der Waals surface area contributed by atoms with Crippen molar-refractivity contribution in [3.63, 3.8) is 0 Å². The molecule has 2 atom stereocenters. The van der Waals surface area contributed by atoms with E-state index in [1.807, 2.05) is 0 Å². The lowest BCUT2D eigenvalue weighted by molar-refractivity contribution is -0.192. The molecule has 1 rings (SSSR count). The Labute approximate surface area is 95.9 Å². The molecule has 2 N–H and O–H groups in total. The first-order chi connectivity index (χ1) is 7.62. The Balaban J connectivity index is 2.52. The fraction of sp³-hybridized carbons (Fsp3) is 0.875. The summed E-state index contributed by atoms with van der Waals surface area (Å²) in [6.07, 6.45) is -4.62. The number of carboxylic acid groups (broad SMARTS) is 1. The van der Waals surface area contributed by atoms with Crippen molar-refractivity contribution < 1.29 is 31.5 Å². The van der Waals surface area contributed by atoms with Crippen molar-refractivity contribution in [2.45, 2.75) is 18.6 Å². The van der Waals surface area contributed by atoms with E-state index in [0.29, 0.717) is 0 Å². The molecular weight excluding hydrogens is 263 g/mol. The maximum atomic E-state index is 12.3. The summed E-state index contributed by atoms with van der Waals surface area (Å²) >= 11 is 0. The van der Waals surface area contributed by atoms with Crippen LogP contribution in [0.1, 0.15) is 6.42 Å². The molecule has 0 bridgehead atoms. The van der Waals surface area contributed by atoms with Gasteiger partial charge >= 0.3 is 12.1 Å². The van der Waals surface area contributed by atoms with Crippen molar-refractivity contribution in [3.05, 3.63) is 0 Å². The van der Waals surface area contributed by atoms with Crippen molar-refractivity contribution in [3.8, 4) is 0 Å². The zero-order valence-electron chi connectivity index (χ0n) is 8.70. The summed E-state index contributed by atoms with van der Waals surface area (Å²) < 4.78 is 58.8. The van der Waals surface area contributed by atoms with Gasteiger partial charge in [0, 0.05) is 12.6 Å². The Morgan fingerprint density at radius 2 is 2.06 bits per heavy atom. The number of rotatable bonds is 4. The van der Waals surface area contributed by atoms with E-state index in [1.165, 1.54) is 0 Å². The van der Waals surface area contributed by atoms with E-state index in [1.54, 1.807) is 0 Å². The van der Waals surface area contributed by atoms with Crippen LogP contribution in [0.15, 0.2) is 0 Å². The summed E-state index contributed by atoms with van der Waals surface area (Å²) in [5.74, 6) is -4.79. The van der Waals surface area contributed by atoms with Crippen LogP contribution in [0.5, 0.6) is 0 Å². The number of hydrogen-bond acceptors (Lipinski definition) is 4. The number of carbonyl (C=O) groups is 1. The highest BCUT2D eigenvalue weighted by Gasteiger charge is 2.45. The van der Waals surface area contributed by atoms with E-state index in [0.717, 1.165) is 0 Å². The van der Waals surface area contributed by atoms with Gasteiger partial charge in [-0.15, -0.1) is 0 Å². The van der Waals surface area contributed by atoms with Crippen LogP contribution in [0.3, 0.4) is 0 Å². The van der Waals surface area contributed by atoms with Crippen molar-refractivity contribution in [2.24, 2.45) is 5.92 Å². The SMILES string of the molecule is O=C(O)C(CNC1CCS(=O)(=O)C1)C(F)(F)F. The van der Waals surface area contributed by atoms with Crippen LogP contribution in [0.4, 0.5) is 13.2 Å². The first-order valence-electron chi connectivity index (χ1n) is 4.85. The summed E-state index contributed by atoms with van der Waals surface area (Å²) in [5, 5.41) is 10.8. The summed E-state index contributed by atoms with van der Waals surface area (Å²) in [5.41, 5.74) is 0. The Morgan fingerprint density at radius 3 is 2.41 bits per heavy atom. The lowest BCUT2D eigenvalue weighted by Crippen LogP contribution is -2.43. The molecule has 1 saturated heterocycles.